The first-order chi connectivity index (χ1) is 18.8. The van der Waals surface area contributed by atoms with Gasteiger partial charge in [0.25, 0.3) is 5.56 Å². The van der Waals surface area contributed by atoms with Gasteiger partial charge in [0.15, 0.2) is 27.8 Å². The van der Waals surface area contributed by atoms with Crippen molar-refractivity contribution in [3.63, 3.8) is 0 Å². The summed E-state index contributed by atoms with van der Waals surface area (Å²) in [6.07, 6.45) is 3.30. The summed E-state index contributed by atoms with van der Waals surface area (Å²) in [6, 6.07) is 9.37. The molecule has 1 aliphatic rings. The lowest BCUT2D eigenvalue weighted by Gasteiger charge is -2.25. The fourth-order valence-corrected chi connectivity index (χ4v) is 5.33. The number of benzene rings is 2. The van der Waals surface area contributed by atoms with E-state index in [0.29, 0.717) is 56.6 Å². The number of thiazole rings is 1. The van der Waals surface area contributed by atoms with Gasteiger partial charge in [-0.3, -0.25) is 9.36 Å². The average Bonchev–Trinajstić information content (AvgIpc) is 3.21. The fourth-order valence-electron chi connectivity index (χ4n) is 4.29. The Bertz CT molecular complexity index is 1620. The second-order valence-electron chi connectivity index (χ2n) is 8.47. The number of methoxy groups -OCH3 is 1. The molecular formula is C29H30N2O7S. The van der Waals surface area contributed by atoms with Crippen molar-refractivity contribution < 1.29 is 28.8 Å². The van der Waals surface area contributed by atoms with Crippen LogP contribution in [0.1, 0.15) is 37.9 Å². The smallest absolute Gasteiger partial charge is 0.338 e. The molecule has 0 saturated heterocycles. The molecule has 0 aliphatic carbocycles. The van der Waals surface area contributed by atoms with Crippen LogP contribution >= 0.6 is 11.3 Å². The zero-order valence-corrected chi connectivity index (χ0v) is 23.0. The van der Waals surface area contributed by atoms with Crippen LogP contribution in [0.4, 0.5) is 0 Å². The molecule has 0 saturated carbocycles. The minimum Gasteiger partial charge on any atom is -0.504 e. The first-order valence-corrected chi connectivity index (χ1v) is 13.2. The van der Waals surface area contributed by atoms with Crippen molar-refractivity contribution in [3.8, 4) is 23.0 Å². The van der Waals surface area contributed by atoms with Crippen molar-refractivity contribution in [2.24, 2.45) is 4.99 Å². The highest BCUT2D eigenvalue weighted by Gasteiger charge is 2.34. The van der Waals surface area contributed by atoms with Gasteiger partial charge in [0.05, 0.1) is 42.2 Å². The molecule has 204 valence electrons. The Hall–Kier alpha value is -4.31. The third-order valence-corrected chi connectivity index (χ3v) is 6.94. The number of fused-ring (bicyclic) bond motifs is 1. The lowest BCUT2D eigenvalue weighted by atomic mass is 9.95. The van der Waals surface area contributed by atoms with Crippen LogP contribution in [-0.4, -0.2) is 42.6 Å². The van der Waals surface area contributed by atoms with Gasteiger partial charge in [0.2, 0.25) is 0 Å². The molecular weight excluding hydrogens is 520 g/mol. The number of carbonyl (C=O) groups excluding carboxylic acids is 1. The Kier molecular flexibility index (Phi) is 8.55. The maximum absolute atomic E-state index is 13.8. The van der Waals surface area contributed by atoms with Crippen LogP contribution in [0.2, 0.25) is 0 Å². The van der Waals surface area contributed by atoms with E-state index < -0.39 is 12.0 Å². The number of esters is 1. The van der Waals surface area contributed by atoms with E-state index in [2.05, 4.69) is 11.6 Å². The molecule has 0 radical (unpaired) electrons. The topological polar surface area (TPSA) is 109 Å². The lowest BCUT2D eigenvalue weighted by Crippen LogP contribution is -2.40. The molecule has 0 fully saturated rings. The number of hydrogen-bond donors (Lipinski definition) is 1. The Labute approximate surface area is 229 Å². The van der Waals surface area contributed by atoms with Crippen LogP contribution in [0.3, 0.4) is 0 Å². The number of aromatic nitrogens is 1. The highest BCUT2D eigenvalue weighted by molar-refractivity contribution is 7.07. The molecule has 3 aromatic rings. The Morgan fingerprint density at radius 3 is 2.56 bits per heavy atom. The summed E-state index contributed by atoms with van der Waals surface area (Å²) in [6.45, 7) is 9.85. The third kappa shape index (κ3) is 5.61. The predicted octanol–water partition coefficient (Wildman–Crippen LogP) is 3.48. The van der Waals surface area contributed by atoms with E-state index in [4.69, 9.17) is 18.9 Å². The van der Waals surface area contributed by atoms with E-state index in [-0.39, 0.29) is 23.5 Å². The molecule has 2 heterocycles. The number of rotatable bonds is 10. The van der Waals surface area contributed by atoms with Gasteiger partial charge in [-0.15, -0.1) is 0 Å². The maximum atomic E-state index is 13.8. The van der Waals surface area contributed by atoms with E-state index >= 15 is 0 Å². The molecule has 10 heteroatoms. The highest BCUT2D eigenvalue weighted by atomic mass is 32.1. The zero-order valence-electron chi connectivity index (χ0n) is 22.2. The number of hydrogen-bond acceptors (Lipinski definition) is 9. The van der Waals surface area contributed by atoms with Crippen LogP contribution in [0.5, 0.6) is 23.0 Å². The third-order valence-electron chi connectivity index (χ3n) is 5.96. The quantitative estimate of drug-likeness (QED) is 0.304. The number of phenols is 1. The van der Waals surface area contributed by atoms with Crippen molar-refractivity contribution in [1.82, 2.24) is 4.57 Å². The molecule has 0 spiro atoms. The number of nitrogens with zero attached hydrogens (tertiary/aromatic N) is 2. The van der Waals surface area contributed by atoms with Gasteiger partial charge in [0.1, 0.15) is 6.61 Å². The molecule has 1 aromatic heterocycles. The molecule has 1 atom stereocenters. The van der Waals surface area contributed by atoms with E-state index in [0.717, 1.165) is 0 Å². The van der Waals surface area contributed by atoms with Gasteiger partial charge < -0.3 is 24.1 Å². The van der Waals surface area contributed by atoms with E-state index in [1.165, 1.54) is 29.1 Å². The standard InChI is InChI=1S/C29H30N2O7S/c1-6-13-38-22-12-10-19(16-23(22)36-7-2)26-25(28(34)37-8-3)17(4)30-29-31(26)27(33)24(39-29)15-18-9-11-21(35-5)20(32)14-18/h6,9-12,14-16,26,32H,1,7-8,13H2,2-5H3/t26-/m0/s1. The van der Waals surface area contributed by atoms with Crippen molar-refractivity contribution in [1.29, 1.82) is 0 Å². The van der Waals surface area contributed by atoms with Crippen LogP contribution in [-0.2, 0) is 9.53 Å². The summed E-state index contributed by atoms with van der Waals surface area (Å²) in [5, 5.41) is 10.2. The number of aromatic hydroxyl groups is 1. The first kappa shape index (κ1) is 27.7. The SMILES string of the molecule is C=CCOc1ccc([C@H]2C(C(=O)OCC)=C(C)N=c3sc(=Cc4ccc(OC)c(O)c4)c(=O)n32)cc1OCC. The summed E-state index contributed by atoms with van der Waals surface area (Å²) in [5.74, 6) is 0.729. The summed E-state index contributed by atoms with van der Waals surface area (Å²) in [5.41, 5.74) is 1.63. The Balaban J connectivity index is 1.92. The average molecular weight is 551 g/mol. The highest BCUT2D eigenvalue weighted by Crippen LogP contribution is 2.36. The van der Waals surface area contributed by atoms with Crippen LogP contribution in [0.25, 0.3) is 6.08 Å². The van der Waals surface area contributed by atoms with Gasteiger partial charge in [-0.1, -0.05) is 36.1 Å². The molecule has 0 unspecified atom stereocenters. The van der Waals surface area contributed by atoms with E-state index in [1.807, 2.05) is 6.92 Å². The Morgan fingerprint density at radius 2 is 1.90 bits per heavy atom. The second kappa shape index (κ2) is 12.0. The second-order valence-corrected chi connectivity index (χ2v) is 9.48. The minimum absolute atomic E-state index is 0.0421. The lowest BCUT2D eigenvalue weighted by molar-refractivity contribution is -0.139. The Morgan fingerprint density at radius 1 is 1.13 bits per heavy atom. The molecule has 1 aliphatic heterocycles. The maximum Gasteiger partial charge on any atom is 0.338 e. The molecule has 0 amide bonds. The minimum atomic E-state index is -0.806. The summed E-state index contributed by atoms with van der Waals surface area (Å²) in [4.78, 5) is 32.0. The molecule has 39 heavy (non-hydrogen) atoms. The number of ether oxygens (including phenoxy) is 4. The number of phenolic OH excluding ortho intramolecular Hbond substituents is 1. The number of allylic oxidation sites excluding steroid dienone is 1. The van der Waals surface area contributed by atoms with Crippen molar-refractivity contribution in [2.75, 3.05) is 26.9 Å². The molecule has 0 bridgehead atoms. The van der Waals surface area contributed by atoms with Crippen LogP contribution < -0.4 is 29.1 Å². The zero-order chi connectivity index (χ0) is 28.1. The van der Waals surface area contributed by atoms with Gasteiger partial charge in [-0.25, -0.2) is 9.79 Å². The fraction of sp³-hybridized carbons (Fsp3) is 0.276. The van der Waals surface area contributed by atoms with Crippen molar-refractivity contribution in [2.45, 2.75) is 26.8 Å². The molecule has 1 N–H and O–H groups in total. The van der Waals surface area contributed by atoms with Gasteiger partial charge >= 0.3 is 5.97 Å². The molecule has 4 rings (SSSR count). The van der Waals surface area contributed by atoms with Gasteiger partial charge in [0, 0.05) is 0 Å². The van der Waals surface area contributed by atoms with Gasteiger partial charge in [-0.2, -0.15) is 0 Å². The van der Waals surface area contributed by atoms with Crippen molar-refractivity contribution >= 4 is 23.4 Å². The van der Waals surface area contributed by atoms with E-state index in [9.17, 15) is 14.7 Å². The summed E-state index contributed by atoms with van der Waals surface area (Å²) in [7, 11) is 1.46. The summed E-state index contributed by atoms with van der Waals surface area (Å²) >= 11 is 1.19. The largest absolute Gasteiger partial charge is 0.504 e. The molecule has 9 nitrogen and oxygen atoms in total. The van der Waals surface area contributed by atoms with Crippen molar-refractivity contribution in [3.05, 3.63) is 91.1 Å². The van der Waals surface area contributed by atoms with E-state index in [1.54, 1.807) is 56.3 Å². The number of carbonyl (C=O) groups is 1. The van der Waals surface area contributed by atoms with Crippen LogP contribution in [0.15, 0.2) is 70.1 Å². The summed E-state index contributed by atoms with van der Waals surface area (Å²) < 4.78 is 23.9. The predicted molar refractivity (Wildman–Crippen MR) is 148 cm³/mol. The monoisotopic (exact) mass is 550 g/mol. The normalized spacial score (nSPS) is 14.9. The first-order valence-electron chi connectivity index (χ1n) is 12.4. The van der Waals surface area contributed by atoms with Gasteiger partial charge in [-0.05, 0) is 62.2 Å². The van der Waals surface area contributed by atoms with Crippen LogP contribution in [0, 0.1) is 0 Å². The molecule has 2 aromatic carbocycles.